The van der Waals surface area contributed by atoms with Gasteiger partial charge in [0.15, 0.2) is 0 Å². The number of fused-ring (bicyclic) bond motifs is 1. The number of benzene rings is 2. The Labute approximate surface area is 206 Å². The molecule has 1 atom stereocenters. The van der Waals surface area contributed by atoms with E-state index in [1.807, 2.05) is 6.07 Å². The van der Waals surface area contributed by atoms with Crippen molar-refractivity contribution in [3.8, 4) is 0 Å². The predicted molar refractivity (Wildman–Crippen MR) is 131 cm³/mol. The molecule has 2 aromatic carbocycles. The third-order valence-electron chi connectivity index (χ3n) is 6.00. The standard InChI is InChI=1S/C25H25N5O6/c1-15-14-29(23(34)16-6-3-2-4-7-16)10-11-30(15)24(35)22(33)18-12-26-21-17(18)8-5-9-19(21)28-25(36)27-13-20(31)32/h2-9,12,15,26H,10-11,13-14H2,1H3,(H,31,32)(H2,27,28,36). The van der Waals surface area contributed by atoms with E-state index in [9.17, 15) is 24.0 Å². The average Bonchev–Trinajstić information content (AvgIpc) is 3.32. The third kappa shape index (κ3) is 5.04. The van der Waals surface area contributed by atoms with Crippen molar-refractivity contribution in [3.05, 3.63) is 65.9 Å². The second-order valence-electron chi connectivity index (χ2n) is 8.43. The molecule has 2 heterocycles. The van der Waals surface area contributed by atoms with E-state index in [-0.39, 0.29) is 24.1 Å². The number of H-pyrrole nitrogens is 1. The van der Waals surface area contributed by atoms with Crippen molar-refractivity contribution in [1.29, 1.82) is 0 Å². The van der Waals surface area contributed by atoms with Gasteiger partial charge in [0.1, 0.15) is 6.54 Å². The highest BCUT2D eigenvalue weighted by molar-refractivity contribution is 6.45. The van der Waals surface area contributed by atoms with Crippen molar-refractivity contribution in [1.82, 2.24) is 20.1 Å². The predicted octanol–water partition coefficient (Wildman–Crippen LogP) is 1.93. The van der Waals surface area contributed by atoms with E-state index in [1.165, 1.54) is 11.1 Å². The van der Waals surface area contributed by atoms with E-state index in [0.717, 1.165) is 0 Å². The number of Topliss-reactive ketones (excluding diaryl/α,β-unsaturated/α-hetero) is 1. The summed E-state index contributed by atoms with van der Waals surface area (Å²) in [4.78, 5) is 67.7. The van der Waals surface area contributed by atoms with Gasteiger partial charge >= 0.3 is 12.0 Å². The van der Waals surface area contributed by atoms with Crippen molar-refractivity contribution in [3.63, 3.8) is 0 Å². The lowest BCUT2D eigenvalue weighted by Crippen LogP contribution is -2.56. The number of piperazine rings is 1. The molecule has 0 aliphatic carbocycles. The van der Waals surface area contributed by atoms with Crippen LogP contribution in [0, 0.1) is 0 Å². The molecule has 0 spiro atoms. The van der Waals surface area contributed by atoms with Crippen LogP contribution in [0.15, 0.2) is 54.7 Å². The number of anilines is 1. The summed E-state index contributed by atoms with van der Waals surface area (Å²) in [5, 5.41) is 13.9. The van der Waals surface area contributed by atoms with Gasteiger partial charge < -0.3 is 30.5 Å². The summed E-state index contributed by atoms with van der Waals surface area (Å²) in [5.74, 6) is -2.68. The monoisotopic (exact) mass is 491 g/mol. The maximum absolute atomic E-state index is 13.2. The lowest BCUT2D eigenvalue weighted by Gasteiger charge is -2.39. The Kier molecular flexibility index (Phi) is 7.00. The van der Waals surface area contributed by atoms with E-state index >= 15 is 0 Å². The number of carboxylic acids is 1. The molecule has 0 radical (unpaired) electrons. The minimum Gasteiger partial charge on any atom is -0.480 e. The van der Waals surface area contributed by atoms with Crippen LogP contribution in [0.3, 0.4) is 0 Å². The molecule has 3 aromatic rings. The molecule has 4 N–H and O–H groups in total. The second-order valence-corrected chi connectivity index (χ2v) is 8.43. The SMILES string of the molecule is CC1CN(C(=O)c2ccccc2)CCN1C(=O)C(=O)c1c[nH]c2c(NC(=O)NCC(=O)O)cccc12. The number of amides is 4. The van der Waals surface area contributed by atoms with Crippen LogP contribution in [0.25, 0.3) is 10.9 Å². The fourth-order valence-corrected chi connectivity index (χ4v) is 4.22. The van der Waals surface area contributed by atoms with Crippen molar-refractivity contribution in [2.75, 3.05) is 31.5 Å². The molecule has 1 aliphatic rings. The Morgan fingerprint density at radius 1 is 1.03 bits per heavy atom. The first-order valence-electron chi connectivity index (χ1n) is 11.3. The normalized spacial score (nSPS) is 15.4. The second kappa shape index (κ2) is 10.3. The van der Waals surface area contributed by atoms with E-state index in [1.54, 1.807) is 54.3 Å². The lowest BCUT2D eigenvalue weighted by molar-refractivity contribution is -0.135. The van der Waals surface area contributed by atoms with Crippen LogP contribution in [0.2, 0.25) is 0 Å². The quantitative estimate of drug-likeness (QED) is 0.305. The van der Waals surface area contributed by atoms with Gasteiger partial charge in [0.2, 0.25) is 0 Å². The number of urea groups is 1. The van der Waals surface area contributed by atoms with E-state index < -0.39 is 30.2 Å². The molecule has 186 valence electrons. The van der Waals surface area contributed by atoms with Gasteiger partial charge in [-0.2, -0.15) is 0 Å². The smallest absolute Gasteiger partial charge is 0.323 e. The van der Waals surface area contributed by atoms with Crippen molar-refractivity contribution < 1.29 is 29.1 Å². The summed E-state index contributed by atoms with van der Waals surface area (Å²) >= 11 is 0. The molecule has 0 bridgehead atoms. The first kappa shape index (κ1) is 24.5. The zero-order chi connectivity index (χ0) is 25.8. The first-order chi connectivity index (χ1) is 17.3. The number of hydrogen-bond acceptors (Lipinski definition) is 5. The van der Waals surface area contributed by atoms with Crippen LogP contribution in [0.4, 0.5) is 10.5 Å². The van der Waals surface area contributed by atoms with Gasteiger partial charge in [-0.1, -0.05) is 30.3 Å². The van der Waals surface area contributed by atoms with Crippen molar-refractivity contribution >= 4 is 46.2 Å². The number of ketones is 1. The van der Waals surface area contributed by atoms with Crippen LogP contribution >= 0.6 is 0 Å². The first-order valence-corrected chi connectivity index (χ1v) is 11.3. The van der Waals surface area contributed by atoms with Crippen LogP contribution in [-0.4, -0.2) is 81.7 Å². The van der Waals surface area contributed by atoms with Crippen molar-refractivity contribution in [2.45, 2.75) is 13.0 Å². The molecule has 1 saturated heterocycles. The van der Waals surface area contributed by atoms with Gasteiger partial charge in [-0.3, -0.25) is 19.2 Å². The van der Waals surface area contributed by atoms with Crippen LogP contribution in [-0.2, 0) is 9.59 Å². The molecular formula is C25H25N5O6. The van der Waals surface area contributed by atoms with Gasteiger partial charge in [0.25, 0.3) is 17.6 Å². The molecule has 1 unspecified atom stereocenters. The van der Waals surface area contributed by atoms with Crippen LogP contribution < -0.4 is 10.6 Å². The molecule has 11 heteroatoms. The number of aliphatic carboxylic acids is 1. The third-order valence-corrected chi connectivity index (χ3v) is 6.00. The number of carbonyl (C=O) groups is 5. The lowest BCUT2D eigenvalue weighted by atomic mass is 10.1. The zero-order valence-corrected chi connectivity index (χ0v) is 19.5. The molecule has 1 aliphatic heterocycles. The molecule has 11 nitrogen and oxygen atoms in total. The van der Waals surface area contributed by atoms with E-state index in [4.69, 9.17) is 5.11 Å². The minimum atomic E-state index is -1.19. The number of rotatable bonds is 6. The molecule has 4 rings (SSSR count). The Hall–Kier alpha value is -4.67. The van der Waals surface area contributed by atoms with Gasteiger partial charge in [0, 0.05) is 42.8 Å². The van der Waals surface area contributed by atoms with Crippen LogP contribution in [0.5, 0.6) is 0 Å². The summed E-state index contributed by atoms with van der Waals surface area (Å²) < 4.78 is 0. The van der Waals surface area contributed by atoms with E-state index in [0.29, 0.717) is 35.2 Å². The highest BCUT2D eigenvalue weighted by atomic mass is 16.4. The molecule has 1 aromatic heterocycles. The highest BCUT2D eigenvalue weighted by Crippen LogP contribution is 2.26. The van der Waals surface area contributed by atoms with Gasteiger partial charge in [-0.05, 0) is 25.1 Å². The van der Waals surface area contributed by atoms with Crippen LogP contribution in [0.1, 0.15) is 27.6 Å². The number of carbonyl (C=O) groups excluding carboxylic acids is 4. The molecule has 1 fully saturated rings. The fourth-order valence-electron chi connectivity index (χ4n) is 4.22. The summed E-state index contributed by atoms with van der Waals surface area (Å²) in [6, 6.07) is 12.7. The number of nitrogens with one attached hydrogen (secondary N) is 3. The maximum atomic E-state index is 13.2. The Balaban J connectivity index is 1.46. The average molecular weight is 492 g/mol. The summed E-state index contributed by atoms with van der Waals surface area (Å²) in [5.41, 5.74) is 1.47. The summed E-state index contributed by atoms with van der Waals surface area (Å²) in [7, 11) is 0. The molecule has 4 amide bonds. The van der Waals surface area contributed by atoms with Crippen molar-refractivity contribution in [2.24, 2.45) is 0 Å². The number of para-hydroxylation sites is 1. The molecular weight excluding hydrogens is 466 g/mol. The largest absolute Gasteiger partial charge is 0.480 e. The van der Waals surface area contributed by atoms with Gasteiger partial charge in [0.05, 0.1) is 16.8 Å². The Morgan fingerprint density at radius 3 is 2.47 bits per heavy atom. The topological polar surface area (TPSA) is 152 Å². The highest BCUT2D eigenvalue weighted by Gasteiger charge is 2.34. The zero-order valence-electron chi connectivity index (χ0n) is 19.5. The fraction of sp³-hybridized carbons (Fsp3) is 0.240. The Morgan fingerprint density at radius 2 is 1.78 bits per heavy atom. The van der Waals surface area contributed by atoms with Gasteiger partial charge in [-0.15, -0.1) is 0 Å². The number of carboxylic acid groups (broad SMARTS) is 1. The number of nitrogens with zero attached hydrogens (tertiary/aromatic N) is 2. The molecule has 0 saturated carbocycles. The number of hydrogen-bond donors (Lipinski definition) is 4. The van der Waals surface area contributed by atoms with E-state index in [2.05, 4.69) is 15.6 Å². The van der Waals surface area contributed by atoms with Gasteiger partial charge in [-0.25, -0.2) is 4.79 Å². The Bertz CT molecular complexity index is 1340. The maximum Gasteiger partial charge on any atom is 0.323 e. The number of aromatic nitrogens is 1. The summed E-state index contributed by atoms with van der Waals surface area (Å²) in [6.45, 7) is 2.09. The minimum absolute atomic E-state index is 0.120. The summed E-state index contributed by atoms with van der Waals surface area (Å²) in [6.07, 6.45) is 1.41. The molecule has 36 heavy (non-hydrogen) atoms. The number of aromatic amines is 1.